The number of carbonyl (C=O) groups excluding carboxylic acids is 2. The van der Waals surface area contributed by atoms with E-state index in [-0.39, 0.29) is 6.61 Å². The first-order valence-electron chi connectivity index (χ1n) is 4.83. The van der Waals surface area contributed by atoms with E-state index >= 15 is 0 Å². The molecule has 0 spiro atoms. The van der Waals surface area contributed by atoms with Crippen molar-refractivity contribution < 1.29 is 19.1 Å². The van der Waals surface area contributed by atoms with E-state index in [9.17, 15) is 9.59 Å². The van der Waals surface area contributed by atoms with E-state index in [2.05, 4.69) is 4.74 Å². The Hall–Kier alpha value is -2.10. The Balaban J connectivity index is 2.45. The van der Waals surface area contributed by atoms with Gasteiger partial charge >= 0.3 is 11.9 Å². The molecule has 0 aliphatic rings. The first-order valence-corrected chi connectivity index (χ1v) is 4.83. The van der Waals surface area contributed by atoms with Crippen LogP contribution in [0.15, 0.2) is 42.7 Å². The minimum absolute atomic E-state index is 0.288. The molecule has 0 aliphatic carbocycles. The number of hydrogen-bond donors (Lipinski definition) is 0. The smallest absolute Gasteiger partial charge is 0.342 e. The Morgan fingerprint density at radius 2 is 1.94 bits per heavy atom. The highest BCUT2D eigenvalue weighted by Gasteiger charge is 2.03. The van der Waals surface area contributed by atoms with Crippen molar-refractivity contribution in [1.82, 2.24) is 0 Å². The molecule has 1 rings (SSSR count). The van der Waals surface area contributed by atoms with Crippen LogP contribution in [0.2, 0.25) is 0 Å². The molecular weight excluding hydrogens is 208 g/mol. The van der Waals surface area contributed by atoms with Crippen LogP contribution in [0.25, 0.3) is 0 Å². The molecule has 0 atom stereocenters. The standard InChI is InChI=1S/C12H12O4/c1-2-15-11(13)8-9-16-12(14)10-6-4-3-5-7-10/h3-9H,2H2,1H3/b9-8+. The molecule has 0 aliphatic heterocycles. The monoisotopic (exact) mass is 220 g/mol. The maximum Gasteiger partial charge on any atom is 0.342 e. The van der Waals surface area contributed by atoms with Gasteiger partial charge in [0, 0.05) is 0 Å². The lowest BCUT2D eigenvalue weighted by Crippen LogP contribution is -2.02. The molecule has 4 heteroatoms. The van der Waals surface area contributed by atoms with E-state index in [1.807, 2.05) is 0 Å². The van der Waals surface area contributed by atoms with Crippen molar-refractivity contribution in [2.45, 2.75) is 6.92 Å². The molecule has 0 radical (unpaired) electrons. The van der Waals surface area contributed by atoms with E-state index in [4.69, 9.17) is 4.74 Å². The Bertz CT molecular complexity index is 381. The van der Waals surface area contributed by atoms with Crippen LogP contribution in [-0.2, 0) is 14.3 Å². The largest absolute Gasteiger partial charge is 0.463 e. The van der Waals surface area contributed by atoms with Crippen LogP contribution < -0.4 is 0 Å². The Kier molecular flexibility index (Phi) is 4.79. The molecular formula is C12H12O4. The van der Waals surface area contributed by atoms with Gasteiger partial charge in [0.1, 0.15) is 6.26 Å². The zero-order valence-corrected chi connectivity index (χ0v) is 8.88. The van der Waals surface area contributed by atoms with Gasteiger partial charge in [-0.05, 0) is 19.1 Å². The van der Waals surface area contributed by atoms with Crippen molar-refractivity contribution >= 4 is 11.9 Å². The van der Waals surface area contributed by atoms with Crippen molar-refractivity contribution in [3.05, 3.63) is 48.2 Å². The fraction of sp³-hybridized carbons (Fsp3) is 0.167. The molecule has 0 fully saturated rings. The molecule has 84 valence electrons. The molecule has 0 bridgehead atoms. The van der Waals surface area contributed by atoms with Gasteiger partial charge < -0.3 is 9.47 Å². The lowest BCUT2D eigenvalue weighted by atomic mass is 10.2. The predicted molar refractivity (Wildman–Crippen MR) is 57.6 cm³/mol. The SMILES string of the molecule is CCOC(=O)/C=C/OC(=O)c1ccccc1. The van der Waals surface area contributed by atoms with E-state index in [0.29, 0.717) is 5.56 Å². The zero-order chi connectivity index (χ0) is 11.8. The van der Waals surface area contributed by atoms with E-state index < -0.39 is 11.9 Å². The second kappa shape index (κ2) is 6.40. The van der Waals surface area contributed by atoms with E-state index in [1.54, 1.807) is 37.3 Å². The fourth-order valence-electron chi connectivity index (χ4n) is 0.984. The van der Waals surface area contributed by atoms with Gasteiger partial charge in [-0.3, -0.25) is 0 Å². The molecule has 0 unspecified atom stereocenters. The summed E-state index contributed by atoms with van der Waals surface area (Å²) in [6, 6.07) is 8.50. The van der Waals surface area contributed by atoms with Crippen molar-refractivity contribution in [3.8, 4) is 0 Å². The third-order valence-electron chi connectivity index (χ3n) is 1.68. The molecule has 1 aromatic carbocycles. The maximum atomic E-state index is 11.4. The highest BCUT2D eigenvalue weighted by molar-refractivity contribution is 5.90. The minimum Gasteiger partial charge on any atom is -0.463 e. The average Bonchev–Trinajstić information content (AvgIpc) is 2.30. The van der Waals surface area contributed by atoms with Gasteiger partial charge in [-0.25, -0.2) is 9.59 Å². The second-order valence-electron chi connectivity index (χ2n) is 2.83. The molecule has 0 aromatic heterocycles. The molecule has 1 aromatic rings. The lowest BCUT2D eigenvalue weighted by Gasteiger charge is -1.98. The summed E-state index contributed by atoms with van der Waals surface area (Å²) in [5.74, 6) is -1.05. The van der Waals surface area contributed by atoms with Crippen LogP contribution in [-0.4, -0.2) is 18.5 Å². The summed E-state index contributed by atoms with van der Waals surface area (Å²) in [4.78, 5) is 22.2. The van der Waals surface area contributed by atoms with Gasteiger partial charge in [0.05, 0.1) is 18.2 Å². The van der Waals surface area contributed by atoms with Crippen LogP contribution in [0.5, 0.6) is 0 Å². The van der Waals surface area contributed by atoms with Gasteiger partial charge in [-0.1, -0.05) is 18.2 Å². The van der Waals surface area contributed by atoms with E-state index in [1.165, 1.54) is 0 Å². The molecule has 0 saturated heterocycles. The number of esters is 2. The number of carbonyl (C=O) groups is 2. The van der Waals surface area contributed by atoms with Crippen LogP contribution >= 0.6 is 0 Å². The number of rotatable bonds is 4. The number of benzene rings is 1. The Morgan fingerprint density at radius 3 is 2.56 bits per heavy atom. The summed E-state index contributed by atoms with van der Waals surface area (Å²) >= 11 is 0. The van der Waals surface area contributed by atoms with Gasteiger partial charge in [0.25, 0.3) is 0 Å². The number of ether oxygens (including phenoxy) is 2. The predicted octanol–water partition coefficient (Wildman–Crippen LogP) is 1.92. The van der Waals surface area contributed by atoms with E-state index in [0.717, 1.165) is 12.3 Å². The molecule has 4 nitrogen and oxygen atoms in total. The van der Waals surface area contributed by atoms with Crippen molar-refractivity contribution in [1.29, 1.82) is 0 Å². The highest BCUT2D eigenvalue weighted by Crippen LogP contribution is 2.01. The first kappa shape index (κ1) is 12.0. The van der Waals surface area contributed by atoms with Crippen molar-refractivity contribution in [2.75, 3.05) is 6.61 Å². The van der Waals surface area contributed by atoms with Crippen molar-refractivity contribution in [3.63, 3.8) is 0 Å². The fourth-order valence-corrected chi connectivity index (χ4v) is 0.984. The summed E-state index contributed by atoms with van der Waals surface area (Å²) in [7, 11) is 0. The van der Waals surface area contributed by atoms with Crippen LogP contribution in [0, 0.1) is 0 Å². The first-order chi connectivity index (χ1) is 7.74. The molecule has 0 N–H and O–H groups in total. The van der Waals surface area contributed by atoms with Crippen LogP contribution in [0.3, 0.4) is 0 Å². The molecule has 16 heavy (non-hydrogen) atoms. The topological polar surface area (TPSA) is 52.6 Å². The molecule has 0 saturated carbocycles. The maximum absolute atomic E-state index is 11.4. The number of hydrogen-bond acceptors (Lipinski definition) is 4. The van der Waals surface area contributed by atoms with Crippen molar-refractivity contribution in [2.24, 2.45) is 0 Å². The summed E-state index contributed by atoms with van der Waals surface area (Å²) in [5.41, 5.74) is 0.427. The van der Waals surface area contributed by atoms with Gasteiger partial charge in [0.2, 0.25) is 0 Å². The quantitative estimate of drug-likeness (QED) is 0.442. The lowest BCUT2D eigenvalue weighted by molar-refractivity contribution is -0.137. The van der Waals surface area contributed by atoms with Crippen LogP contribution in [0.1, 0.15) is 17.3 Å². The third kappa shape index (κ3) is 3.96. The summed E-state index contributed by atoms with van der Waals surface area (Å²) in [6.07, 6.45) is 2.08. The summed E-state index contributed by atoms with van der Waals surface area (Å²) in [6.45, 7) is 1.98. The Labute approximate surface area is 93.5 Å². The van der Waals surface area contributed by atoms with Gasteiger partial charge in [-0.2, -0.15) is 0 Å². The summed E-state index contributed by atoms with van der Waals surface area (Å²) < 4.78 is 9.34. The zero-order valence-electron chi connectivity index (χ0n) is 8.88. The van der Waals surface area contributed by atoms with Gasteiger partial charge in [-0.15, -0.1) is 0 Å². The normalized spacial score (nSPS) is 10.1. The Morgan fingerprint density at radius 1 is 1.25 bits per heavy atom. The third-order valence-corrected chi connectivity index (χ3v) is 1.68. The van der Waals surface area contributed by atoms with Crippen LogP contribution in [0.4, 0.5) is 0 Å². The highest BCUT2D eigenvalue weighted by atomic mass is 16.5. The molecule has 0 heterocycles. The molecule has 0 amide bonds. The van der Waals surface area contributed by atoms with Gasteiger partial charge in [0.15, 0.2) is 0 Å². The average molecular weight is 220 g/mol. The second-order valence-corrected chi connectivity index (χ2v) is 2.83. The summed E-state index contributed by atoms with van der Waals surface area (Å²) in [5, 5.41) is 0. The minimum atomic E-state index is -0.539.